The Hall–Kier alpha value is -0.780. The Morgan fingerprint density at radius 3 is 2.39 bits per heavy atom. The molecule has 4 rings (SSSR count). The third kappa shape index (κ3) is 3.36. The maximum Gasteiger partial charge on any atom is -0.00160 e. The van der Waals surface area contributed by atoms with Crippen LogP contribution in [0.2, 0.25) is 0 Å². The smallest absolute Gasteiger partial charge is 0.00160 e. The Morgan fingerprint density at radius 2 is 1.71 bits per heavy atom. The van der Waals surface area contributed by atoms with Crippen molar-refractivity contribution in [3.8, 4) is 0 Å². The third-order valence-electron chi connectivity index (χ3n) is 11.5. The number of hydrogen-bond acceptors (Lipinski definition) is 0. The number of allylic oxidation sites excluding steroid dienone is 5. The van der Waals surface area contributed by atoms with Gasteiger partial charge in [-0.3, -0.25) is 0 Å². The fourth-order valence-corrected chi connectivity index (χ4v) is 8.95. The summed E-state index contributed by atoms with van der Waals surface area (Å²) in [5, 5.41) is 0. The molecular weight excluding hydrogens is 372 g/mol. The minimum atomic E-state index is 0.362. The van der Waals surface area contributed by atoms with E-state index in [1.807, 2.05) is 0 Å². The lowest BCUT2D eigenvalue weighted by Gasteiger charge is -2.60. The molecule has 0 spiro atoms. The normalized spacial score (nSPS) is 42.2. The van der Waals surface area contributed by atoms with Crippen LogP contribution < -0.4 is 0 Å². The molecule has 31 heavy (non-hydrogen) atoms. The third-order valence-corrected chi connectivity index (χ3v) is 11.5. The van der Waals surface area contributed by atoms with Crippen LogP contribution in [0.15, 0.2) is 35.5 Å². The van der Waals surface area contributed by atoms with E-state index >= 15 is 0 Å². The van der Waals surface area contributed by atoms with E-state index in [9.17, 15) is 0 Å². The van der Waals surface area contributed by atoms with Crippen molar-refractivity contribution in [3.05, 3.63) is 35.5 Å². The van der Waals surface area contributed by atoms with E-state index in [1.165, 1.54) is 63.4 Å². The average molecular weight is 423 g/mol. The maximum absolute atomic E-state index is 4.36. The van der Waals surface area contributed by atoms with Gasteiger partial charge in [0.2, 0.25) is 0 Å². The molecule has 0 heteroatoms. The second-order valence-corrected chi connectivity index (χ2v) is 13.7. The second kappa shape index (κ2) is 7.63. The summed E-state index contributed by atoms with van der Waals surface area (Å²) in [6.07, 6.45) is 17.6. The number of hydrogen-bond donors (Lipinski definition) is 0. The minimum Gasteiger partial charge on any atom is -0.0996 e. The lowest BCUT2D eigenvalue weighted by molar-refractivity contribution is 0.00753. The van der Waals surface area contributed by atoms with Gasteiger partial charge < -0.3 is 0 Å². The standard InChI is InChI=1S/C31H50/c1-21(2)22(3)11-12-23(4)24-15-19-31(9)26-13-14-27-28(5,6)17-10-18-29(27,7)25(26)16-20-30(24,31)8/h13,16,21,23-24,27H,3,10-12,14-15,17-20H2,1-2,4-9H3/t23-,24-,27?,29-,30-,31+/m1/s1. The fraction of sp³-hybridized carbons (Fsp3) is 0.806. The molecule has 0 bridgehead atoms. The van der Waals surface area contributed by atoms with Gasteiger partial charge in [-0.25, -0.2) is 0 Å². The number of rotatable bonds is 5. The second-order valence-electron chi connectivity index (χ2n) is 13.7. The topological polar surface area (TPSA) is 0 Å². The van der Waals surface area contributed by atoms with E-state index in [-0.39, 0.29) is 0 Å². The quantitative estimate of drug-likeness (QED) is 0.387. The molecule has 0 amide bonds. The summed E-state index contributed by atoms with van der Waals surface area (Å²) in [5.74, 6) is 3.07. The van der Waals surface area contributed by atoms with Crippen molar-refractivity contribution in [1.82, 2.24) is 0 Å². The highest BCUT2D eigenvalue weighted by Crippen LogP contribution is 2.71. The molecule has 2 saturated carbocycles. The molecule has 6 atom stereocenters. The first-order valence-corrected chi connectivity index (χ1v) is 13.5. The van der Waals surface area contributed by atoms with E-state index < -0.39 is 0 Å². The van der Waals surface area contributed by atoms with Crippen molar-refractivity contribution in [2.45, 2.75) is 113 Å². The molecule has 0 aliphatic heterocycles. The van der Waals surface area contributed by atoms with Crippen molar-refractivity contribution in [3.63, 3.8) is 0 Å². The molecule has 0 radical (unpaired) electrons. The molecule has 1 unspecified atom stereocenters. The zero-order valence-corrected chi connectivity index (χ0v) is 22.0. The molecule has 0 heterocycles. The highest BCUT2D eigenvalue weighted by atomic mass is 14.7. The molecule has 0 nitrogen and oxygen atoms in total. The number of fused-ring (bicyclic) bond motifs is 5. The highest BCUT2D eigenvalue weighted by molar-refractivity contribution is 5.49. The average Bonchev–Trinajstić information content (AvgIpc) is 2.96. The first-order chi connectivity index (χ1) is 14.4. The van der Waals surface area contributed by atoms with E-state index in [0.717, 1.165) is 17.8 Å². The monoisotopic (exact) mass is 422 g/mol. The van der Waals surface area contributed by atoms with Gasteiger partial charge in [-0.2, -0.15) is 0 Å². The Bertz CT molecular complexity index is 791. The molecule has 0 saturated heterocycles. The minimum absolute atomic E-state index is 0.362. The first kappa shape index (κ1) is 23.4. The Kier molecular flexibility index (Phi) is 5.76. The van der Waals surface area contributed by atoms with E-state index in [2.05, 4.69) is 74.1 Å². The van der Waals surface area contributed by atoms with E-state index in [0.29, 0.717) is 27.6 Å². The molecule has 0 aromatic heterocycles. The molecule has 2 fully saturated rings. The lowest BCUT2D eigenvalue weighted by atomic mass is 9.44. The fourth-order valence-electron chi connectivity index (χ4n) is 8.95. The molecule has 4 aliphatic carbocycles. The van der Waals surface area contributed by atoms with Crippen LogP contribution in [-0.4, -0.2) is 0 Å². The van der Waals surface area contributed by atoms with Crippen LogP contribution in [0.5, 0.6) is 0 Å². The van der Waals surface area contributed by atoms with Crippen molar-refractivity contribution in [2.24, 2.45) is 45.3 Å². The van der Waals surface area contributed by atoms with Crippen LogP contribution in [0.4, 0.5) is 0 Å². The lowest BCUT2D eigenvalue weighted by Crippen LogP contribution is -2.50. The van der Waals surface area contributed by atoms with Gasteiger partial charge >= 0.3 is 0 Å². The Labute approximate surface area is 194 Å². The van der Waals surface area contributed by atoms with Crippen LogP contribution in [0, 0.1) is 45.3 Å². The Balaban J connectivity index is 1.63. The van der Waals surface area contributed by atoms with Crippen LogP contribution in [0.1, 0.15) is 113 Å². The van der Waals surface area contributed by atoms with Crippen LogP contribution in [-0.2, 0) is 0 Å². The van der Waals surface area contributed by atoms with Crippen molar-refractivity contribution in [1.29, 1.82) is 0 Å². The van der Waals surface area contributed by atoms with Gasteiger partial charge in [0.15, 0.2) is 0 Å². The Morgan fingerprint density at radius 1 is 1.00 bits per heavy atom. The van der Waals surface area contributed by atoms with Gasteiger partial charge in [0.05, 0.1) is 0 Å². The molecule has 0 aromatic carbocycles. The summed E-state index contributed by atoms with van der Waals surface area (Å²) >= 11 is 0. The summed E-state index contributed by atoms with van der Waals surface area (Å²) in [7, 11) is 0. The van der Waals surface area contributed by atoms with Crippen molar-refractivity contribution < 1.29 is 0 Å². The largest absolute Gasteiger partial charge is 0.0996 e. The summed E-state index contributed by atoms with van der Waals surface area (Å²) in [6, 6.07) is 0. The SMILES string of the molecule is C=C(CC[C@@H](C)[C@H]1CC[C@@]2(C)C3=CCC4C(C)(C)CCC[C@]4(C)C3=CC[C@]12C)C(C)C. The molecule has 4 aliphatic rings. The van der Waals surface area contributed by atoms with Gasteiger partial charge in [0.25, 0.3) is 0 Å². The summed E-state index contributed by atoms with van der Waals surface area (Å²) in [4.78, 5) is 0. The van der Waals surface area contributed by atoms with Crippen molar-refractivity contribution in [2.75, 3.05) is 0 Å². The van der Waals surface area contributed by atoms with Crippen LogP contribution in [0.3, 0.4) is 0 Å². The van der Waals surface area contributed by atoms with Gasteiger partial charge in [0, 0.05) is 0 Å². The van der Waals surface area contributed by atoms with Gasteiger partial charge in [0.1, 0.15) is 0 Å². The summed E-state index contributed by atoms with van der Waals surface area (Å²) < 4.78 is 0. The zero-order chi connectivity index (χ0) is 22.8. The molecule has 0 N–H and O–H groups in total. The van der Waals surface area contributed by atoms with Gasteiger partial charge in [-0.05, 0) is 108 Å². The zero-order valence-electron chi connectivity index (χ0n) is 22.0. The van der Waals surface area contributed by atoms with E-state index in [1.54, 1.807) is 11.1 Å². The van der Waals surface area contributed by atoms with Crippen LogP contribution >= 0.6 is 0 Å². The molecular formula is C31H50. The predicted octanol–water partition coefficient (Wildman–Crippen LogP) is 9.53. The van der Waals surface area contributed by atoms with Gasteiger partial charge in [-0.15, -0.1) is 0 Å². The van der Waals surface area contributed by atoms with Crippen LogP contribution in [0.25, 0.3) is 0 Å². The predicted molar refractivity (Wildman–Crippen MR) is 136 cm³/mol. The van der Waals surface area contributed by atoms with Gasteiger partial charge in [-0.1, -0.05) is 86.1 Å². The summed E-state index contributed by atoms with van der Waals surface area (Å²) in [6.45, 7) is 24.5. The maximum atomic E-state index is 4.36. The highest BCUT2D eigenvalue weighted by Gasteiger charge is 2.62. The van der Waals surface area contributed by atoms with E-state index in [4.69, 9.17) is 0 Å². The first-order valence-electron chi connectivity index (χ1n) is 13.5. The molecule has 174 valence electrons. The summed E-state index contributed by atoms with van der Waals surface area (Å²) in [5.41, 5.74) is 6.64. The van der Waals surface area contributed by atoms with Crippen molar-refractivity contribution >= 4 is 0 Å². The molecule has 0 aromatic rings.